The number of carbonyl (C=O) groups is 1. The summed E-state index contributed by atoms with van der Waals surface area (Å²) in [5.74, 6) is 0.602. The Morgan fingerprint density at radius 3 is 3.00 bits per heavy atom. The molecule has 0 aliphatic heterocycles. The Kier molecular flexibility index (Phi) is 3.04. The number of benzene rings is 1. The minimum absolute atomic E-state index is 0.0475. The first-order chi connectivity index (χ1) is 8.15. The van der Waals surface area contributed by atoms with Crippen molar-refractivity contribution in [2.24, 2.45) is 0 Å². The zero-order valence-corrected chi connectivity index (χ0v) is 9.17. The number of phenols is 1. The standard InChI is InChI=1S/C11H11N3O3/c1-7-13-10(17-14-7)6-12-11(16)8-3-2-4-9(15)5-8/h2-5,15H,6H2,1H3,(H,12,16). The maximum atomic E-state index is 11.7. The molecule has 0 spiro atoms. The van der Waals surface area contributed by atoms with Gasteiger partial charge in [-0.25, -0.2) is 0 Å². The number of aryl methyl sites for hydroxylation is 1. The fraction of sp³-hybridized carbons (Fsp3) is 0.182. The van der Waals surface area contributed by atoms with Crippen LogP contribution >= 0.6 is 0 Å². The van der Waals surface area contributed by atoms with Crippen LogP contribution in [0.3, 0.4) is 0 Å². The summed E-state index contributed by atoms with van der Waals surface area (Å²) in [7, 11) is 0. The number of nitrogens with one attached hydrogen (secondary N) is 1. The molecule has 1 heterocycles. The van der Waals surface area contributed by atoms with Crippen molar-refractivity contribution < 1.29 is 14.4 Å². The molecular weight excluding hydrogens is 222 g/mol. The van der Waals surface area contributed by atoms with Gasteiger partial charge in [-0.3, -0.25) is 4.79 Å². The second-order valence-electron chi connectivity index (χ2n) is 3.47. The molecule has 0 fully saturated rings. The summed E-state index contributed by atoms with van der Waals surface area (Å²) in [5.41, 5.74) is 0.376. The van der Waals surface area contributed by atoms with Gasteiger partial charge in [0.05, 0.1) is 6.54 Å². The van der Waals surface area contributed by atoms with E-state index in [0.29, 0.717) is 17.3 Å². The quantitative estimate of drug-likeness (QED) is 0.826. The van der Waals surface area contributed by atoms with Crippen LogP contribution < -0.4 is 5.32 Å². The van der Waals surface area contributed by atoms with E-state index in [9.17, 15) is 9.90 Å². The predicted octanol–water partition coefficient (Wildman–Crippen LogP) is 1.01. The highest BCUT2D eigenvalue weighted by atomic mass is 16.5. The van der Waals surface area contributed by atoms with Gasteiger partial charge in [0.15, 0.2) is 5.82 Å². The fourth-order valence-electron chi connectivity index (χ4n) is 1.32. The van der Waals surface area contributed by atoms with E-state index in [1.807, 2.05) is 0 Å². The number of hydrogen-bond donors (Lipinski definition) is 2. The number of nitrogens with zero attached hydrogens (tertiary/aromatic N) is 2. The van der Waals surface area contributed by atoms with E-state index in [1.165, 1.54) is 12.1 Å². The predicted molar refractivity (Wildman–Crippen MR) is 58.3 cm³/mol. The van der Waals surface area contributed by atoms with Crippen molar-refractivity contribution in [3.05, 3.63) is 41.5 Å². The zero-order valence-electron chi connectivity index (χ0n) is 9.17. The Balaban J connectivity index is 1.98. The Labute approximate surface area is 97.3 Å². The summed E-state index contributed by atoms with van der Waals surface area (Å²) in [6.45, 7) is 1.86. The first kappa shape index (κ1) is 11.1. The number of carbonyl (C=O) groups excluding carboxylic acids is 1. The third-order valence-corrected chi connectivity index (χ3v) is 2.08. The molecule has 1 amide bonds. The fourth-order valence-corrected chi connectivity index (χ4v) is 1.32. The van der Waals surface area contributed by atoms with Crippen LogP contribution in [0.1, 0.15) is 22.1 Å². The van der Waals surface area contributed by atoms with Gasteiger partial charge in [0, 0.05) is 5.56 Å². The minimum Gasteiger partial charge on any atom is -0.508 e. The molecule has 1 aromatic heterocycles. The Hall–Kier alpha value is -2.37. The van der Waals surface area contributed by atoms with Gasteiger partial charge < -0.3 is 14.9 Å². The molecule has 0 aliphatic rings. The zero-order chi connectivity index (χ0) is 12.3. The van der Waals surface area contributed by atoms with Crippen LogP contribution in [-0.2, 0) is 6.54 Å². The highest BCUT2D eigenvalue weighted by Crippen LogP contribution is 2.10. The van der Waals surface area contributed by atoms with Crippen LogP contribution in [-0.4, -0.2) is 21.2 Å². The Morgan fingerprint density at radius 2 is 2.35 bits per heavy atom. The second-order valence-corrected chi connectivity index (χ2v) is 3.47. The largest absolute Gasteiger partial charge is 0.508 e. The van der Waals surface area contributed by atoms with Crippen molar-refractivity contribution in [3.63, 3.8) is 0 Å². The van der Waals surface area contributed by atoms with E-state index >= 15 is 0 Å². The van der Waals surface area contributed by atoms with Crippen LogP contribution in [0, 0.1) is 6.92 Å². The third kappa shape index (κ3) is 2.81. The number of hydrogen-bond acceptors (Lipinski definition) is 5. The van der Waals surface area contributed by atoms with Gasteiger partial charge in [0.2, 0.25) is 5.89 Å². The highest BCUT2D eigenvalue weighted by Gasteiger charge is 2.08. The lowest BCUT2D eigenvalue weighted by atomic mass is 10.2. The normalized spacial score (nSPS) is 10.2. The third-order valence-electron chi connectivity index (χ3n) is 2.08. The second kappa shape index (κ2) is 4.65. The molecule has 6 nitrogen and oxygen atoms in total. The first-order valence-electron chi connectivity index (χ1n) is 5.01. The molecule has 2 rings (SSSR count). The van der Waals surface area contributed by atoms with Crippen LogP contribution in [0.5, 0.6) is 5.75 Å². The Morgan fingerprint density at radius 1 is 1.53 bits per heavy atom. The smallest absolute Gasteiger partial charge is 0.251 e. The molecule has 0 bridgehead atoms. The molecule has 0 aliphatic carbocycles. The number of phenolic OH excluding ortho intramolecular Hbond substituents is 1. The van der Waals surface area contributed by atoms with E-state index in [0.717, 1.165) is 0 Å². The van der Waals surface area contributed by atoms with Crippen LogP contribution in [0.25, 0.3) is 0 Å². The van der Waals surface area contributed by atoms with Gasteiger partial charge in [-0.05, 0) is 25.1 Å². The van der Waals surface area contributed by atoms with Crippen molar-refractivity contribution in [1.82, 2.24) is 15.5 Å². The molecule has 0 saturated heterocycles. The van der Waals surface area contributed by atoms with E-state index in [4.69, 9.17) is 4.52 Å². The average molecular weight is 233 g/mol. The molecule has 88 valence electrons. The van der Waals surface area contributed by atoms with Gasteiger partial charge in [0.1, 0.15) is 5.75 Å². The average Bonchev–Trinajstić information content (AvgIpc) is 2.72. The van der Waals surface area contributed by atoms with E-state index in [-0.39, 0.29) is 18.2 Å². The van der Waals surface area contributed by atoms with E-state index in [2.05, 4.69) is 15.5 Å². The summed E-state index contributed by atoms with van der Waals surface area (Å²) >= 11 is 0. The maximum absolute atomic E-state index is 11.7. The van der Waals surface area contributed by atoms with Gasteiger partial charge in [0.25, 0.3) is 5.91 Å². The lowest BCUT2D eigenvalue weighted by molar-refractivity contribution is 0.0946. The SMILES string of the molecule is Cc1noc(CNC(=O)c2cccc(O)c2)n1. The van der Waals surface area contributed by atoms with Gasteiger partial charge >= 0.3 is 0 Å². The molecule has 0 unspecified atom stereocenters. The summed E-state index contributed by atoms with van der Waals surface area (Å²) in [4.78, 5) is 15.6. The number of aromatic hydroxyl groups is 1. The van der Waals surface area contributed by atoms with Crippen LogP contribution in [0.4, 0.5) is 0 Å². The topological polar surface area (TPSA) is 88.2 Å². The van der Waals surface area contributed by atoms with Crippen molar-refractivity contribution in [2.45, 2.75) is 13.5 Å². The van der Waals surface area contributed by atoms with Gasteiger partial charge in [-0.15, -0.1) is 0 Å². The molecule has 0 saturated carbocycles. The molecule has 6 heteroatoms. The summed E-state index contributed by atoms with van der Waals surface area (Å²) in [6, 6.07) is 6.09. The van der Waals surface area contributed by atoms with Crippen LogP contribution in [0.2, 0.25) is 0 Å². The van der Waals surface area contributed by atoms with Crippen molar-refractivity contribution >= 4 is 5.91 Å². The summed E-state index contributed by atoms with van der Waals surface area (Å²) in [5, 5.41) is 15.4. The van der Waals surface area contributed by atoms with Crippen molar-refractivity contribution in [1.29, 1.82) is 0 Å². The molecular formula is C11H11N3O3. The monoisotopic (exact) mass is 233 g/mol. The highest BCUT2D eigenvalue weighted by molar-refractivity contribution is 5.94. The summed E-state index contributed by atoms with van der Waals surface area (Å²) < 4.78 is 4.85. The molecule has 0 radical (unpaired) electrons. The molecule has 2 N–H and O–H groups in total. The maximum Gasteiger partial charge on any atom is 0.251 e. The lowest BCUT2D eigenvalue weighted by Crippen LogP contribution is -2.22. The molecule has 2 aromatic rings. The number of aromatic nitrogens is 2. The molecule has 0 atom stereocenters. The van der Waals surface area contributed by atoms with Crippen LogP contribution in [0.15, 0.2) is 28.8 Å². The molecule has 1 aromatic carbocycles. The number of amides is 1. The van der Waals surface area contributed by atoms with Crippen molar-refractivity contribution in [2.75, 3.05) is 0 Å². The molecule has 17 heavy (non-hydrogen) atoms. The van der Waals surface area contributed by atoms with Gasteiger partial charge in [-0.2, -0.15) is 4.98 Å². The number of rotatable bonds is 3. The van der Waals surface area contributed by atoms with Gasteiger partial charge in [-0.1, -0.05) is 11.2 Å². The Bertz CT molecular complexity index is 536. The van der Waals surface area contributed by atoms with Crippen molar-refractivity contribution in [3.8, 4) is 5.75 Å². The summed E-state index contributed by atoms with van der Waals surface area (Å²) in [6.07, 6.45) is 0. The first-order valence-corrected chi connectivity index (χ1v) is 5.01. The van der Waals surface area contributed by atoms with E-state index < -0.39 is 0 Å². The lowest BCUT2D eigenvalue weighted by Gasteiger charge is -2.02. The van der Waals surface area contributed by atoms with E-state index in [1.54, 1.807) is 19.1 Å². The minimum atomic E-state index is -0.309.